The number of sulfonamides is 1. The van der Waals surface area contributed by atoms with Gasteiger partial charge in [-0.05, 0) is 49.6 Å². The Morgan fingerprint density at radius 3 is 2.62 bits per heavy atom. The van der Waals surface area contributed by atoms with E-state index in [9.17, 15) is 8.42 Å². The van der Waals surface area contributed by atoms with Crippen LogP contribution >= 0.6 is 0 Å². The molecule has 1 fully saturated rings. The Hall–Kier alpha value is -1.97. The lowest BCUT2D eigenvalue weighted by molar-refractivity contribution is 0.170. The first-order valence-electron chi connectivity index (χ1n) is 8.75. The van der Waals surface area contributed by atoms with Gasteiger partial charge in [-0.2, -0.15) is 0 Å². The van der Waals surface area contributed by atoms with Crippen molar-refractivity contribution in [3.05, 3.63) is 36.9 Å². The molecule has 142 valence electrons. The van der Waals surface area contributed by atoms with Gasteiger partial charge in [0, 0.05) is 26.2 Å². The van der Waals surface area contributed by atoms with Gasteiger partial charge in [0.25, 0.3) is 0 Å². The molecule has 0 aliphatic carbocycles. The molecule has 0 unspecified atom stereocenters. The topological polar surface area (TPSA) is 89.4 Å². The largest absolute Gasteiger partial charge is 0.497 e. The number of benzene rings is 1. The number of methoxy groups -OCH3 is 1. The van der Waals surface area contributed by atoms with Crippen molar-refractivity contribution in [2.24, 2.45) is 5.92 Å². The number of likely N-dealkylation sites (tertiary alicyclic amines) is 1. The minimum atomic E-state index is -3.49. The van der Waals surface area contributed by atoms with Crippen LogP contribution in [0.15, 0.2) is 41.8 Å². The molecule has 0 spiro atoms. The molecule has 1 N–H and O–H groups in total. The van der Waals surface area contributed by atoms with Gasteiger partial charge >= 0.3 is 0 Å². The number of nitrogens with zero attached hydrogens (tertiary/aromatic N) is 4. The second kappa shape index (κ2) is 8.61. The Bertz CT molecular complexity index is 777. The van der Waals surface area contributed by atoms with Crippen molar-refractivity contribution in [1.29, 1.82) is 0 Å². The van der Waals surface area contributed by atoms with E-state index in [1.807, 2.05) is 4.57 Å². The van der Waals surface area contributed by atoms with Gasteiger partial charge in [0.05, 0.1) is 12.0 Å². The van der Waals surface area contributed by atoms with E-state index in [1.165, 1.54) is 0 Å². The van der Waals surface area contributed by atoms with Crippen LogP contribution < -0.4 is 9.46 Å². The summed E-state index contributed by atoms with van der Waals surface area (Å²) in [6, 6.07) is 6.44. The molecule has 8 nitrogen and oxygen atoms in total. The van der Waals surface area contributed by atoms with Crippen molar-refractivity contribution in [1.82, 2.24) is 24.4 Å². The lowest BCUT2D eigenvalue weighted by Gasteiger charge is -2.32. The number of rotatable bonds is 8. The maximum Gasteiger partial charge on any atom is 0.240 e. The maximum atomic E-state index is 12.5. The highest BCUT2D eigenvalue weighted by molar-refractivity contribution is 7.89. The van der Waals surface area contributed by atoms with Crippen LogP contribution in [0.4, 0.5) is 0 Å². The predicted molar refractivity (Wildman–Crippen MR) is 97.4 cm³/mol. The Labute approximate surface area is 154 Å². The van der Waals surface area contributed by atoms with Crippen molar-refractivity contribution in [3.8, 4) is 5.75 Å². The number of piperidine rings is 1. The van der Waals surface area contributed by atoms with E-state index in [0.29, 0.717) is 18.2 Å². The lowest BCUT2D eigenvalue weighted by Crippen LogP contribution is -2.42. The first kappa shape index (κ1) is 18.8. The second-order valence-corrected chi connectivity index (χ2v) is 8.30. The zero-order chi connectivity index (χ0) is 18.4. The van der Waals surface area contributed by atoms with Gasteiger partial charge < -0.3 is 14.2 Å². The molecular formula is C17H25N5O3S. The fourth-order valence-corrected chi connectivity index (χ4v) is 4.30. The van der Waals surface area contributed by atoms with E-state index in [0.717, 1.165) is 39.0 Å². The third-order valence-corrected chi connectivity index (χ3v) is 6.12. The molecule has 1 saturated heterocycles. The zero-order valence-corrected chi connectivity index (χ0v) is 15.7. The van der Waals surface area contributed by atoms with Crippen molar-refractivity contribution < 1.29 is 13.2 Å². The maximum absolute atomic E-state index is 12.5. The van der Waals surface area contributed by atoms with Crippen LogP contribution in [-0.4, -0.2) is 61.4 Å². The van der Waals surface area contributed by atoms with Crippen molar-refractivity contribution in [2.75, 3.05) is 33.3 Å². The molecule has 0 bridgehead atoms. The van der Waals surface area contributed by atoms with Gasteiger partial charge in [-0.15, -0.1) is 10.2 Å². The highest BCUT2D eigenvalue weighted by Gasteiger charge is 2.22. The van der Waals surface area contributed by atoms with E-state index in [4.69, 9.17) is 4.74 Å². The smallest absolute Gasteiger partial charge is 0.240 e. The molecule has 2 aromatic rings. The molecule has 2 heterocycles. The first-order chi connectivity index (χ1) is 12.6. The van der Waals surface area contributed by atoms with Crippen LogP contribution in [0.2, 0.25) is 0 Å². The number of ether oxygens (including phenoxy) is 1. The Morgan fingerprint density at radius 2 is 1.92 bits per heavy atom. The van der Waals surface area contributed by atoms with Crippen molar-refractivity contribution in [2.45, 2.75) is 24.3 Å². The number of hydrogen-bond donors (Lipinski definition) is 1. The SMILES string of the molecule is COc1ccc(S(=O)(=O)NC[C@@H]2CCCN(CCn3cnnc3)C2)cc1. The Balaban J connectivity index is 1.49. The van der Waals surface area contributed by atoms with Crippen molar-refractivity contribution >= 4 is 10.0 Å². The minimum absolute atomic E-state index is 0.263. The van der Waals surface area contributed by atoms with Crippen molar-refractivity contribution in [3.63, 3.8) is 0 Å². The standard InChI is InChI=1S/C17H25N5O3S/c1-25-16-4-6-17(7-5-16)26(23,24)20-11-15-3-2-8-21(12-15)9-10-22-13-18-19-14-22/h4-7,13-15,20H,2-3,8-12H2,1H3/t15-/m0/s1. The summed E-state index contributed by atoms with van der Waals surface area (Å²) >= 11 is 0. The monoisotopic (exact) mass is 379 g/mol. The summed E-state index contributed by atoms with van der Waals surface area (Å²) in [6.07, 6.45) is 5.54. The first-order valence-corrected chi connectivity index (χ1v) is 10.2. The summed E-state index contributed by atoms with van der Waals surface area (Å²) in [4.78, 5) is 2.63. The third-order valence-electron chi connectivity index (χ3n) is 4.68. The molecule has 0 amide bonds. The summed E-state index contributed by atoms with van der Waals surface area (Å²) in [5.41, 5.74) is 0. The summed E-state index contributed by atoms with van der Waals surface area (Å²) in [5, 5.41) is 7.61. The highest BCUT2D eigenvalue weighted by Crippen LogP contribution is 2.18. The normalized spacial score (nSPS) is 18.7. The van der Waals surface area contributed by atoms with Crippen LogP contribution in [0, 0.1) is 5.92 Å². The number of hydrogen-bond acceptors (Lipinski definition) is 6. The summed E-state index contributed by atoms with van der Waals surface area (Å²) in [6.45, 7) is 4.16. The zero-order valence-electron chi connectivity index (χ0n) is 14.9. The molecule has 3 rings (SSSR count). The molecule has 1 aromatic heterocycles. The lowest BCUT2D eigenvalue weighted by atomic mass is 9.98. The van der Waals surface area contributed by atoms with Gasteiger partial charge in [-0.1, -0.05) is 0 Å². The van der Waals surface area contributed by atoms with Gasteiger partial charge in [0.1, 0.15) is 18.4 Å². The molecule has 1 aliphatic heterocycles. The number of aromatic nitrogens is 3. The van der Waals surface area contributed by atoms with Crippen LogP contribution in [-0.2, 0) is 16.6 Å². The van der Waals surface area contributed by atoms with E-state index in [2.05, 4.69) is 19.8 Å². The molecule has 0 saturated carbocycles. The fourth-order valence-electron chi connectivity index (χ4n) is 3.18. The third kappa shape index (κ3) is 5.03. The van der Waals surface area contributed by atoms with Crippen LogP contribution in [0.3, 0.4) is 0 Å². The van der Waals surface area contributed by atoms with E-state index >= 15 is 0 Å². The second-order valence-electron chi connectivity index (χ2n) is 6.54. The van der Waals surface area contributed by atoms with Crippen LogP contribution in [0.1, 0.15) is 12.8 Å². The molecule has 1 aliphatic rings. The minimum Gasteiger partial charge on any atom is -0.497 e. The van der Waals surface area contributed by atoms with E-state index < -0.39 is 10.0 Å². The van der Waals surface area contributed by atoms with Crippen LogP contribution in [0.5, 0.6) is 5.75 Å². The highest BCUT2D eigenvalue weighted by atomic mass is 32.2. The molecule has 26 heavy (non-hydrogen) atoms. The molecule has 1 aromatic carbocycles. The van der Waals surface area contributed by atoms with Crippen LogP contribution in [0.25, 0.3) is 0 Å². The van der Waals surface area contributed by atoms with Gasteiger partial charge in [0.15, 0.2) is 0 Å². The predicted octanol–water partition coefficient (Wildman–Crippen LogP) is 0.977. The van der Waals surface area contributed by atoms with E-state index in [-0.39, 0.29) is 4.90 Å². The molecule has 1 atom stereocenters. The number of nitrogens with one attached hydrogen (secondary N) is 1. The van der Waals surface area contributed by atoms with Gasteiger partial charge in [-0.25, -0.2) is 13.1 Å². The van der Waals surface area contributed by atoms with Gasteiger partial charge in [-0.3, -0.25) is 0 Å². The van der Waals surface area contributed by atoms with Gasteiger partial charge in [0.2, 0.25) is 10.0 Å². The summed E-state index contributed by atoms with van der Waals surface area (Å²) in [7, 11) is -1.94. The summed E-state index contributed by atoms with van der Waals surface area (Å²) in [5.74, 6) is 0.956. The Kier molecular flexibility index (Phi) is 6.23. The molecular weight excluding hydrogens is 354 g/mol. The molecule has 9 heteroatoms. The van der Waals surface area contributed by atoms with E-state index in [1.54, 1.807) is 44.0 Å². The average Bonchev–Trinajstić information content (AvgIpc) is 3.19. The Morgan fingerprint density at radius 1 is 1.19 bits per heavy atom. The average molecular weight is 379 g/mol. The fraction of sp³-hybridized carbons (Fsp3) is 0.529. The quantitative estimate of drug-likeness (QED) is 0.735. The molecule has 0 radical (unpaired) electrons. The summed E-state index contributed by atoms with van der Waals surface area (Å²) < 4.78 is 34.7.